The monoisotopic (exact) mass is 155 g/mol. The van der Waals surface area contributed by atoms with Crippen LogP contribution in [0.1, 0.15) is 0 Å². The SMILES string of the molecule is N#CC(Cl)S(=O)(=O)O. The van der Waals surface area contributed by atoms with Crippen molar-refractivity contribution >= 4 is 21.7 Å². The number of nitriles is 1. The number of hydrogen-bond donors (Lipinski definition) is 1. The van der Waals surface area contributed by atoms with E-state index in [1.165, 1.54) is 0 Å². The van der Waals surface area contributed by atoms with Crippen molar-refractivity contribution in [3.05, 3.63) is 0 Å². The Morgan fingerprint density at radius 1 is 1.75 bits per heavy atom. The maximum absolute atomic E-state index is 9.76. The highest BCUT2D eigenvalue weighted by Gasteiger charge is 2.17. The van der Waals surface area contributed by atoms with Gasteiger partial charge in [0, 0.05) is 0 Å². The van der Waals surface area contributed by atoms with E-state index >= 15 is 0 Å². The van der Waals surface area contributed by atoms with Crippen molar-refractivity contribution in [2.75, 3.05) is 0 Å². The minimum absolute atomic E-state index is 1.13. The van der Waals surface area contributed by atoms with E-state index in [1.54, 1.807) is 0 Å². The molecule has 46 valence electrons. The van der Waals surface area contributed by atoms with E-state index in [4.69, 9.17) is 21.4 Å². The zero-order valence-electron chi connectivity index (χ0n) is 3.57. The Morgan fingerprint density at radius 2 is 2.12 bits per heavy atom. The second-order valence-corrected chi connectivity index (χ2v) is 3.16. The first-order valence-electron chi connectivity index (χ1n) is 1.48. The Hall–Kier alpha value is -0.310. The fourth-order valence-corrected chi connectivity index (χ4v) is 0.200. The molecule has 0 spiro atoms. The van der Waals surface area contributed by atoms with Gasteiger partial charge in [-0.3, -0.25) is 4.55 Å². The molecule has 0 saturated heterocycles. The second-order valence-electron chi connectivity index (χ2n) is 0.960. The Kier molecular flexibility index (Phi) is 2.22. The predicted molar refractivity (Wildman–Crippen MR) is 26.8 cm³/mol. The summed E-state index contributed by atoms with van der Waals surface area (Å²) in [7, 11) is -4.35. The van der Waals surface area contributed by atoms with Gasteiger partial charge in [0.25, 0.3) is 10.1 Å². The van der Waals surface area contributed by atoms with Gasteiger partial charge in [-0.1, -0.05) is 11.6 Å². The molecule has 0 aliphatic rings. The third-order valence-corrected chi connectivity index (χ3v) is 1.76. The van der Waals surface area contributed by atoms with Crippen LogP contribution in [0.25, 0.3) is 0 Å². The van der Waals surface area contributed by atoms with Gasteiger partial charge >= 0.3 is 0 Å². The highest BCUT2D eigenvalue weighted by molar-refractivity contribution is 7.88. The van der Waals surface area contributed by atoms with E-state index in [-0.39, 0.29) is 0 Å². The first-order chi connectivity index (χ1) is 3.48. The molecule has 8 heavy (non-hydrogen) atoms. The van der Waals surface area contributed by atoms with Crippen LogP contribution in [0.2, 0.25) is 0 Å². The summed E-state index contributed by atoms with van der Waals surface area (Å²) in [4.78, 5) is 0. The van der Waals surface area contributed by atoms with E-state index in [9.17, 15) is 8.42 Å². The third kappa shape index (κ3) is 2.12. The lowest BCUT2D eigenvalue weighted by molar-refractivity contribution is 0.484. The normalized spacial score (nSPS) is 14.6. The third-order valence-electron chi connectivity index (χ3n) is 0.363. The molecule has 4 nitrogen and oxygen atoms in total. The van der Waals surface area contributed by atoms with Crippen molar-refractivity contribution in [2.24, 2.45) is 0 Å². The van der Waals surface area contributed by atoms with Crippen molar-refractivity contribution in [1.82, 2.24) is 0 Å². The van der Waals surface area contributed by atoms with E-state index in [1.807, 2.05) is 0 Å². The first kappa shape index (κ1) is 7.69. The molecule has 0 heterocycles. The lowest BCUT2D eigenvalue weighted by Gasteiger charge is -1.89. The smallest absolute Gasteiger partial charge is 0.284 e. The maximum atomic E-state index is 9.76. The molecule has 0 aromatic heterocycles. The molecule has 0 bridgehead atoms. The van der Waals surface area contributed by atoms with Crippen LogP contribution in [-0.2, 0) is 10.1 Å². The molecule has 0 aliphatic carbocycles. The standard InChI is InChI=1S/C2H2ClNO3S/c3-2(1-4)8(5,6)7/h2H,(H,5,6,7). The Morgan fingerprint density at radius 3 is 2.12 bits per heavy atom. The Labute approximate surface area is 51.4 Å². The Bertz CT molecular complexity index is 202. The molecule has 1 N–H and O–H groups in total. The fraction of sp³-hybridized carbons (Fsp3) is 0.500. The average molecular weight is 156 g/mol. The van der Waals surface area contributed by atoms with Crippen LogP contribution < -0.4 is 0 Å². The van der Waals surface area contributed by atoms with Crippen LogP contribution >= 0.6 is 11.6 Å². The van der Waals surface area contributed by atoms with Crippen molar-refractivity contribution < 1.29 is 13.0 Å². The Balaban J connectivity index is 4.34. The quantitative estimate of drug-likeness (QED) is 0.426. The molecule has 1 unspecified atom stereocenters. The molecule has 0 rings (SSSR count). The molecule has 0 radical (unpaired) electrons. The highest BCUT2D eigenvalue weighted by Crippen LogP contribution is 2.00. The van der Waals surface area contributed by atoms with Gasteiger partial charge in [-0.05, 0) is 0 Å². The van der Waals surface area contributed by atoms with E-state index in [2.05, 4.69) is 0 Å². The minimum atomic E-state index is -4.35. The van der Waals surface area contributed by atoms with Gasteiger partial charge in [-0.15, -0.1) is 0 Å². The largest absolute Gasteiger partial charge is 0.295 e. The summed E-state index contributed by atoms with van der Waals surface area (Å²) in [6.45, 7) is 0. The number of halogens is 1. The van der Waals surface area contributed by atoms with Crippen molar-refractivity contribution in [2.45, 2.75) is 4.71 Å². The van der Waals surface area contributed by atoms with Crippen LogP contribution in [-0.4, -0.2) is 17.7 Å². The van der Waals surface area contributed by atoms with Crippen LogP contribution in [0.15, 0.2) is 0 Å². The van der Waals surface area contributed by atoms with E-state index in [0.29, 0.717) is 0 Å². The molecule has 0 saturated carbocycles. The number of nitrogens with zero attached hydrogens (tertiary/aromatic N) is 1. The molecule has 0 aliphatic heterocycles. The summed E-state index contributed by atoms with van der Waals surface area (Å²) in [5.74, 6) is 0. The molecular formula is C2H2ClNO3S. The van der Waals surface area contributed by atoms with E-state index in [0.717, 1.165) is 6.07 Å². The topological polar surface area (TPSA) is 78.2 Å². The van der Waals surface area contributed by atoms with Gasteiger partial charge in [-0.25, -0.2) is 0 Å². The molecular weight excluding hydrogens is 154 g/mol. The molecule has 0 amide bonds. The molecule has 1 atom stereocenters. The highest BCUT2D eigenvalue weighted by atomic mass is 35.5. The van der Waals surface area contributed by atoms with Crippen LogP contribution in [0, 0.1) is 11.3 Å². The summed E-state index contributed by atoms with van der Waals surface area (Å²) < 4.78 is 25.6. The average Bonchev–Trinajstić information content (AvgIpc) is 1.62. The molecule has 0 aromatic carbocycles. The first-order valence-corrected chi connectivity index (χ1v) is 3.42. The zero-order chi connectivity index (χ0) is 6.78. The lowest BCUT2D eigenvalue weighted by Crippen LogP contribution is -2.10. The van der Waals surface area contributed by atoms with Gasteiger partial charge in [0.1, 0.15) is 6.07 Å². The minimum Gasteiger partial charge on any atom is -0.284 e. The summed E-state index contributed by atoms with van der Waals surface area (Å²) in [6, 6.07) is 1.13. The lowest BCUT2D eigenvalue weighted by atomic mass is 10.9. The molecule has 6 heteroatoms. The fourth-order valence-electron chi connectivity index (χ4n) is 0.0666. The summed E-state index contributed by atoms with van der Waals surface area (Å²) in [5, 5.41) is 7.75. The van der Waals surface area contributed by atoms with Crippen molar-refractivity contribution in [3.63, 3.8) is 0 Å². The van der Waals surface area contributed by atoms with Gasteiger partial charge in [0.2, 0.25) is 4.71 Å². The van der Waals surface area contributed by atoms with Crippen LogP contribution in [0.4, 0.5) is 0 Å². The number of hydrogen-bond acceptors (Lipinski definition) is 3. The van der Waals surface area contributed by atoms with Gasteiger partial charge in [-0.2, -0.15) is 13.7 Å². The summed E-state index contributed by atoms with van der Waals surface area (Å²) in [5.41, 5.74) is 0. The summed E-state index contributed by atoms with van der Waals surface area (Å²) in [6.07, 6.45) is 0. The maximum Gasteiger partial charge on any atom is 0.295 e. The predicted octanol–water partition coefficient (Wildman–Crippen LogP) is -0.0373. The molecule has 0 fully saturated rings. The summed E-state index contributed by atoms with van der Waals surface area (Å²) >= 11 is 4.74. The second kappa shape index (κ2) is 2.31. The van der Waals surface area contributed by atoms with Crippen molar-refractivity contribution in [3.8, 4) is 6.07 Å². The van der Waals surface area contributed by atoms with Gasteiger partial charge < -0.3 is 0 Å². The van der Waals surface area contributed by atoms with Gasteiger partial charge in [0.05, 0.1) is 0 Å². The van der Waals surface area contributed by atoms with E-state index < -0.39 is 14.8 Å². The van der Waals surface area contributed by atoms with Crippen LogP contribution in [0.3, 0.4) is 0 Å². The molecule has 0 aromatic rings. The zero-order valence-corrected chi connectivity index (χ0v) is 5.15. The van der Waals surface area contributed by atoms with Gasteiger partial charge in [0.15, 0.2) is 0 Å². The number of rotatable bonds is 1. The van der Waals surface area contributed by atoms with Crippen molar-refractivity contribution in [1.29, 1.82) is 5.26 Å². The van der Waals surface area contributed by atoms with Crippen LogP contribution in [0.5, 0.6) is 0 Å². The number of alkyl halides is 1.